The number of aromatic nitrogens is 1. The molecule has 0 aliphatic heterocycles. The fraction of sp³-hybridized carbons (Fsp3) is 0. The summed E-state index contributed by atoms with van der Waals surface area (Å²) in [5, 5.41) is 5.28. The van der Waals surface area contributed by atoms with E-state index >= 15 is 0 Å². The van der Waals surface area contributed by atoms with Gasteiger partial charge in [0, 0.05) is 32.3 Å². The monoisotopic (exact) mass is 519 g/mol. The Morgan fingerprint density at radius 3 is 2.10 bits per heavy atom. The number of benzene rings is 6. The molecule has 0 saturated heterocycles. The molecule has 39 heavy (non-hydrogen) atoms. The van der Waals surface area contributed by atoms with Crippen molar-refractivity contribution in [2.75, 3.05) is 0 Å². The maximum absolute atomic E-state index is 6.38. The Balaban J connectivity index is 1.34. The van der Waals surface area contributed by atoms with Gasteiger partial charge in [0.15, 0.2) is 0 Å². The molecule has 0 radical (unpaired) electrons. The second kappa shape index (κ2) is 8.62. The molecule has 0 unspecified atom stereocenters. The first kappa shape index (κ1) is 22.2. The van der Waals surface area contributed by atoms with Gasteiger partial charge in [-0.2, -0.15) is 0 Å². The Morgan fingerprint density at radius 2 is 1.23 bits per heavy atom. The van der Waals surface area contributed by atoms with Gasteiger partial charge in [-0.1, -0.05) is 90.5 Å². The van der Waals surface area contributed by atoms with Crippen LogP contribution in [-0.4, -0.2) is 4.57 Å². The van der Waals surface area contributed by atoms with E-state index in [1.807, 2.05) is 24.3 Å². The SMILES string of the molecule is Clc1ccc2oc3cccc(-c4ccc5c(c4)c4ccccc4n5-c4ccc(-c5ccccc5)cc4)c3c2c1. The molecular weight excluding hydrogens is 498 g/mol. The van der Waals surface area contributed by atoms with Crippen LogP contribution >= 0.6 is 11.6 Å². The normalized spacial score (nSPS) is 11.7. The van der Waals surface area contributed by atoms with Crippen LogP contribution in [0.4, 0.5) is 0 Å². The third kappa shape index (κ3) is 3.49. The first-order chi connectivity index (χ1) is 19.2. The quantitative estimate of drug-likeness (QED) is 0.227. The van der Waals surface area contributed by atoms with E-state index < -0.39 is 0 Å². The zero-order valence-corrected chi connectivity index (χ0v) is 21.7. The maximum Gasteiger partial charge on any atom is 0.136 e. The highest BCUT2D eigenvalue weighted by Crippen LogP contribution is 2.40. The summed E-state index contributed by atoms with van der Waals surface area (Å²) in [7, 11) is 0. The van der Waals surface area contributed by atoms with Gasteiger partial charge >= 0.3 is 0 Å². The highest BCUT2D eigenvalue weighted by atomic mass is 35.5. The lowest BCUT2D eigenvalue weighted by molar-refractivity contribution is 0.669. The summed E-state index contributed by atoms with van der Waals surface area (Å²) < 4.78 is 8.53. The van der Waals surface area contributed by atoms with Gasteiger partial charge in [-0.15, -0.1) is 0 Å². The molecule has 3 heteroatoms. The molecule has 0 fully saturated rings. The number of hydrogen-bond acceptors (Lipinski definition) is 1. The van der Waals surface area contributed by atoms with Gasteiger partial charge in [-0.25, -0.2) is 0 Å². The highest BCUT2D eigenvalue weighted by Gasteiger charge is 2.16. The smallest absolute Gasteiger partial charge is 0.136 e. The van der Waals surface area contributed by atoms with Gasteiger partial charge in [0.25, 0.3) is 0 Å². The minimum absolute atomic E-state index is 0.705. The molecule has 0 aliphatic rings. The summed E-state index contributed by atoms with van der Waals surface area (Å²) in [6.07, 6.45) is 0. The van der Waals surface area contributed by atoms with Crippen molar-refractivity contribution >= 4 is 55.3 Å². The van der Waals surface area contributed by atoms with Crippen LogP contribution in [0.1, 0.15) is 0 Å². The first-order valence-corrected chi connectivity index (χ1v) is 13.4. The summed E-state index contributed by atoms with van der Waals surface area (Å²) in [6, 6.07) is 46.8. The van der Waals surface area contributed by atoms with Gasteiger partial charge < -0.3 is 8.98 Å². The Kier molecular flexibility index (Phi) is 4.91. The number of para-hydroxylation sites is 1. The summed E-state index contributed by atoms with van der Waals surface area (Å²) in [4.78, 5) is 0. The first-order valence-electron chi connectivity index (χ1n) is 13.0. The summed E-state index contributed by atoms with van der Waals surface area (Å²) in [5.74, 6) is 0. The number of furan rings is 1. The molecule has 0 atom stereocenters. The minimum atomic E-state index is 0.705. The molecular formula is C36H22ClNO. The van der Waals surface area contributed by atoms with Crippen molar-refractivity contribution in [2.24, 2.45) is 0 Å². The number of halogens is 1. The van der Waals surface area contributed by atoms with Crippen LogP contribution in [-0.2, 0) is 0 Å². The predicted molar refractivity (Wildman–Crippen MR) is 164 cm³/mol. The minimum Gasteiger partial charge on any atom is -0.456 e. The molecule has 184 valence electrons. The van der Waals surface area contributed by atoms with Crippen molar-refractivity contribution in [1.82, 2.24) is 4.57 Å². The van der Waals surface area contributed by atoms with Gasteiger partial charge in [-0.05, 0) is 76.9 Å². The molecule has 0 N–H and O–H groups in total. The Bertz CT molecular complexity index is 2170. The van der Waals surface area contributed by atoms with Crippen molar-refractivity contribution in [2.45, 2.75) is 0 Å². The molecule has 8 aromatic rings. The number of rotatable bonds is 3. The molecule has 0 spiro atoms. The third-order valence-corrected chi connectivity index (χ3v) is 7.91. The van der Waals surface area contributed by atoms with Gasteiger partial charge in [0.2, 0.25) is 0 Å². The average molecular weight is 520 g/mol. The van der Waals surface area contributed by atoms with E-state index in [0.717, 1.165) is 38.8 Å². The summed E-state index contributed by atoms with van der Waals surface area (Å²) in [5.41, 5.74) is 9.95. The second-order valence-electron chi connectivity index (χ2n) is 9.92. The maximum atomic E-state index is 6.38. The standard InChI is InChI=1S/C36H22ClNO/c37-26-16-20-34-31(22-26)36-28(10-6-12-35(36)39-34)25-15-19-33-30(21-25)29-9-4-5-11-32(29)38(33)27-17-13-24(14-18-27)23-7-2-1-3-8-23/h1-22H. The van der Waals surface area contributed by atoms with Crippen LogP contribution in [0.2, 0.25) is 5.02 Å². The summed E-state index contributed by atoms with van der Waals surface area (Å²) >= 11 is 6.38. The Labute approximate surface area is 230 Å². The van der Waals surface area contributed by atoms with Crippen molar-refractivity contribution in [3.8, 4) is 27.9 Å². The highest BCUT2D eigenvalue weighted by molar-refractivity contribution is 6.32. The lowest BCUT2D eigenvalue weighted by Gasteiger charge is -2.10. The van der Waals surface area contributed by atoms with Crippen molar-refractivity contribution < 1.29 is 4.42 Å². The molecule has 2 aromatic heterocycles. The second-order valence-corrected chi connectivity index (χ2v) is 10.4. The zero-order chi connectivity index (χ0) is 25.9. The fourth-order valence-corrected chi connectivity index (χ4v) is 6.06. The molecule has 6 aromatic carbocycles. The van der Waals surface area contributed by atoms with E-state index in [-0.39, 0.29) is 0 Å². The molecule has 0 amide bonds. The van der Waals surface area contributed by atoms with Crippen LogP contribution in [0.3, 0.4) is 0 Å². The molecule has 0 aliphatic carbocycles. The van der Waals surface area contributed by atoms with Gasteiger partial charge in [-0.3, -0.25) is 0 Å². The lowest BCUT2D eigenvalue weighted by Crippen LogP contribution is -1.93. The van der Waals surface area contributed by atoms with E-state index in [1.54, 1.807) is 0 Å². The van der Waals surface area contributed by atoms with Gasteiger partial charge in [0.05, 0.1) is 11.0 Å². The van der Waals surface area contributed by atoms with E-state index in [0.29, 0.717) is 5.02 Å². The number of nitrogens with zero attached hydrogens (tertiary/aromatic N) is 1. The van der Waals surface area contributed by atoms with Crippen molar-refractivity contribution in [3.05, 3.63) is 138 Å². The van der Waals surface area contributed by atoms with Crippen LogP contribution in [0.5, 0.6) is 0 Å². The topological polar surface area (TPSA) is 18.1 Å². The summed E-state index contributed by atoms with van der Waals surface area (Å²) in [6.45, 7) is 0. The molecule has 2 heterocycles. The van der Waals surface area contributed by atoms with Crippen molar-refractivity contribution in [3.63, 3.8) is 0 Å². The Hall–Kier alpha value is -4.79. The molecule has 0 bridgehead atoms. The van der Waals surface area contributed by atoms with Crippen LogP contribution < -0.4 is 0 Å². The van der Waals surface area contributed by atoms with E-state index in [1.165, 1.54) is 32.9 Å². The predicted octanol–water partition coefficient (Wildman–Crippen LogP) is 10.7. The van der Waals surface area contributed by atoms with Crippen molar-refractivity contribution in [1.29, 1.82) is 0 Å². The number of fused-ring (bicyclic) bond motifs is 6. The van der Waals surface area contributed by atoms with Crippen LogP contribution in [0.15, 0.2) is 138 Å². The molecule has 8 rings (SSSR count). The molecule has 0 saturated carbocycles. The van der Waals surface area contributed by atoms with E-state index in [4.69, 9.17) is 16.0 Å². The fourth-order valence-electron chi connectivity index (χ4n) is 5.89. The van der Waals surface area contributed by atoms with E-state index in [9.17, 15) is 0 Å². The van der Waals surface area contributed by atoms with Crippen LogP contribution in [0.25, 0.3) is 71.7 Å². The number of hydrogen-bond donors (Lipinski definition) is 0. The largest absolute Gasteiger partial charge is 0.456 e. The van der Waals surface area contributed by atoms with Crippen LogP contribution in [0, 0.1) is 0 Å². The lowest BCUT2D eigenvalue weighted by atomic mass is 9.98. The van der Waals surface area contributed by atoms with E-state index in [2.05, 4.69) is 114 Å². The Morgan fingerprint density at radius 1 is 0.487 bits per heavy atom. The third-order valence-electron chi connectivity index (χ3n) is 7.67. The zero-order valence-electron chi connectivity index (χ0n) is 20.9. The van der Waals surface area contributed by atoms with Gasteiger partial charge in [0.1, 0.15) is 11.2 Å². The molecule has 2 nitrogen and oxygen atoms in total. The average Bonchev–Trinajstić information content (AvgIpc) is 3.53.